The molecule has 1 saturated heterocycles. The number of anilines is 2. The van der Waals surface area contributed by atoms with Crippen LogP contribution >= 0.6 is 0 Å². The SMILES string of the molecule is Cc1ccc(-c2cc3c(c(Nc4ccc(C5CCNCC5)cc4)n2)C(=O)[N]C=C3)nc1. The van der Waals surface area contributed by atoms with E-state index in [1.165, 1.54) is 11.8 Å². The van der Waals surface area contributed by atoms with Crippen molar-refractivity contribution < 1.29 is 4.79 Å². The minimum atomic E-state index is -0.290. The number of pyridine rings is 2. The maximum absolute atomic E-state index is 12.5. The van der Waals surface area contributed by atoms with Crippen LogP contribution in [0, 0.1) is 6.92 Å². The number of hydrogen-bond donors (Lipinski definition) is 2. The summed E-state index contributed by atoms with van der Waals surface area (Å²) in [5, 5.41) is 10.7. The van der Waals surface area contributed by atoms with E-state index in [0.717, 1.165) is 48.4 Å². The molecule has 1 radical (unpaired) electrons. The smallest absolute Gasteiger partial charge is 0.281 e. The number of amides is 1. The normalized spacial score (nSPS) is 16.0. The molecule has 0 aliphatic carbocycles. The van der Waals surface area contributed by atoms with E-state index in [9.17, 15) is 4.79 Å². The summed E-state index contributed by atoms with van der Waals surface area (Å²) in [7, 11) is 0. The molecule has 6 heteroatoms. The number of benzene rings is 1. The van der Waals surface area contributed by atoms with Crippen molar-refractivity contribution in [3.63, 3.8) is 0 Å². The van der Waals surface area contributed by atoms with Crippen molar-refractivity contribution in [2.45, 2.75) is 25.7 Å². The van der Waals surface area contributed by atoms with E-state index in [1.807, 2.05) is 37.4 Å². The van der Waals surface area contributed by atoms with E-state index in [4.69, 9.17) is 4.98 Å². The van der Waals surface area contributed by atoms with Crippen molar-refractivity contribution >= 4 is 23.5 Å². The summed E-state index contributed by atoms with van der Waals surface area (Å²) in [5.74, 6) is 0.812. The maximum atomic E-state index is 12.5. The third-order valence-corrected chi connectivity index (χ3v) is 5.87. The molecule has 4 heterocycles. The predicted octanol–water partition coefficient (Wildman–Crippen LogP) is 4.39. The zero-order valence-electron chi connectivity index (χ0n) is 17.4. The van der Waals surface area contributed by atoms with Crippen molar-refractivity contribution in [3.8, 4) is 11.4 Å². The number of carbonyl (C=O) groups excluding carboxylic acids is 1. The molecule has 1 aromatic carbocycles. The molecule has 0 spiro atoms. The average molecular weight is 411 g/mol. The Hall–Kier alpha value is -3.51. The summed E-state index contributed by atoms with van der Waals surface area (Å²) in [6, 6.07) is 14.3. The average Bonchev–Trinajstić information content (AvgIpc) is 2.80. The number of aryl methyl sites for hydroxylation is 1. The minimum absolute atomic E-state index is 0.290. The Balaban J connectivity index is 1.49. The molecule has 2 aliphatic heterocycles. The number of aromatic nitrogens is 2. The zero-order chi connectivity index (χ0) is 21.2. The van der Waals surface area contributed by atoms with E-state index in [-0.39, 0.29) is 5.91 Å². The van der Waals surface area contributed by atoms with Crippen molar-refractivity contribution in [3.05, 3.63) is 77.1 Å². The number of piperidine rings is 1. The first-order valence-electron chi connectivity index (χ1n) is 10.6. The molecule has 155 valence electrons. The predicted molar refractivity (Wildman–Crippen MR) is 122 cm³/mol. The van der Waals surface area contributed by atoms with Crippen LogP contribution in [0.25, 0.3) is 17.5 Å². The summed E-state index contributed by atoms with van der Waals surface area (Å²) >= 11 is 0. The van der Waals surface area contributed by atoms with Gasteiger partial charge in [0.25, 0.3) is 5.91 Å². The van der Waals surface area contributed by atoms with Crippen LogP contribution < -0.4 is 16.0 Å². The highest BCUT2D eigenvalue weighted by Gasteiger charge is 2.23. The lowest BCUT2D eigenvalue weighted by molar-refractivity contribution is 0.0965. The standard InChI is InChI=1S/C25H24N5O/c1-16-2-7-21(28-15-16)22-14-19-10-13-27-25(31)23(19)24(30-22)29-20-5-3-17(4-6-20)18-8-11-26-12-9-18/h2-7,10,13-15,18,26H,8-9,11-12H2,1H3,(H,29,30). The Labute approximate surface area is 181 Å². The van der Waals surface area contributed by atoms with Gasteiger partial charge in [-0.2, -0.15) is 0 Å². The number of fused-ring (bicyclic) bond motifs is 1. The fourth-order valence-electron chi connectivity index (χ4n) is 4.14. The second-order valence-corrected chi connectivity index (χ2v) is 8.06. The molecule has 2 aromatic heterocycles. The van der Waals surface area contributed by atoms with Crippen molar-refractivity contribution in [1.82, 2.24) is 20.6 Å². The van der Waals surface area contributed by atoms with Crippen LogP contribution in [0.15, 0.2) is 54.9 Å². The number of rotatable bonds is 4. The highest BCUT2D eigenvalue weighted by molar-refractivity contribution is 6.05. The topological polar surface area (TPSA) is 81.0 Å². The van der Waals surface area contributed by atoms with Gasteiger partial charge in [-0.25, -0.2) is 10.3 Å². The van der Waals surface area contributed by atoms with E-state index >= 15 is 0 Å². The van der Waals surface area contributed by atoms with Crippen LogP contribution in [0.4, 0.5) is 11.5 Å². The van der Waals surface area contributed by atoms with Gasteiger partial charge in [0.15, 0.2) is 0 Å². The summed E-state index contributed by atoms with van der Waals surface area (Å²) in [6.07, 6.45) is 7.51. The molecule has 0 unspecified atom stereocenters. The fourth-order valence-corrected chi connectivity index (χ4v) is 4.14. The monoisotopic (exact) mass is 410 g/mol. The molecule has 1 amide bonds. The van der Waals surface area contributed by atoms with Gasteiger partial charge in [-0.15, -0.1) is 0 Å². The first kappa shape index (κ1) is 19.5. The molecular weight excluding hydrogens is 386 g/mol. The van der Waals surface area contributed by atoms with Gasteiger partial charge in [-0.05, 0) is 85.8 Å². The third-order valence-electron chi connectivity index (χ3n) is 5.87. The van der Waals surface area contributed by atoms with E-state index in [0.29, 0.717) is 23.0 Å². The van der Waals surface area contributed by atoms with Crippen molar-refractivity contribution in [2.75, 3.05) is 18.4 Å². The lowest BCUT2D eigenvalue weighted by Crippen LogP contribution is -2.26. The molecule has 3 aromatic rings. The summed E-state index contributed by atoms with van der Waals surface area (Å²) in [6.45, 7) is 4.14. The van der Waals surface area contributed by atoms with Gasteiger partial charge >= 0.3 is 0 Å². The first-order valence-corrected chi connectivity index (χ1v) is 10.6. The number of nitrogens with zero attached hydrogens (tertiary/aromatic N) is 3. The molecular formula is C25H24N5O. The van der Waals surface area contributed by atoms with Crippen LogP contribution in [0.2, 0.25) is 0 Å². The van der Waals surface area contributed by atoms with Gasteiger partial charge in [0.05, 0.1) is 17.0 Å². The summed E-state index contributed by atoms with van der Waals surface area (Å²) < 4.78 is 0. The first-order chi connectivity index (χ1) is 15.2. The molecule has 2 N–H and O–H groups in total. The maximum Gasteiger partial charge on any atom is 0.281 e. The Morgan fingerprint density at radius 2 is 1.84 bits per heavy atom. The molecule has 0 bridgehead atoms. The number of nitrogens with one attached hydrogen (secondary N) is 2. The quantitative estimate of drug-likeness (QED) is 0.667. The van der Waals surface area contributed by atoms with Gasteiger partial charge in [0.1, 0.15) is 5.82 Å². The van der Waals surface area contributed by atoms with Crippen molar-refractivity contribution in [1.29, 1.82) is 0 Å². The second kappa shape index (κ2) is 8.32. The zero-order valence-corrected chi connectivity index (χ0v) is 17.4. The van der Waals surface area contributed by atoms with Crippen LogP contribution in [0.5, 0.6) is 0 Å². The van der Waals surface area contributed by atoms with Crippen LogP contribution in [-0.4, -0.2) is 29.0 Å². The van der Waals surface area contributed by atoms with Gasteiger partial charge in [-0.1, -0.05) is 18.2 Å². The van der Waals surface area contributed by atoms with E-state index < -0.39 is 0 Å². The Morgan fingerprint density at radius 3 is 2.58 bits per heavy atom. The molecule has 6 nitrogen and oxygen atoms in total. The van der Waals surface area contributed by atoms with Gasteiger partial charge in [0, 0.05) is 18.1 Å². The second-order valence-electron chi connectivity index (χ2n) is 8.06. The van der Waals surface area contributed by atoms with Gasteiger partial charge in [0.2, 0.25) is 0 Å². The number of hydrogen-bond acceptors (Lipinski definition) is 5. The molecule has 2 aliphatic rings. The van der Waals surface area contributed by atoms with Gasteiger partial charge in [-0.3, -0.25) is 9.78 Å². The minimum Gasteiger partial charge on any atom is -0.340 e. The van der Waals surface area contributed by atoms with Crippen LogP contribution in [-0.2, 0) is 0 Å². The van der Waals surface area contributed by atoms with Gasteiger partial charge < -0.3 is 10.6 Å². The molecule has 0 atom stereocenters. The highest BCUT2D eigenvalue weighted by atomic mass is 16.1. The largest absolute Gasteiger partial charge is 0.340 e. The highest BCUT2D eigenvalue weighted by Crippen LogP contribution is 2.31. The fraction of sp³-hybridized carbons (Fsp3) is 0.240. The molecule has 1 fully saturated rings. The van der Waals surface area contributed by atoms with Crippen LogP contribution in [0.3, 0.4) is 0 Å². The van der Waals surface area contributed by atoms with Crippen LogP contribution in [0.1, 0.15) is 45.8 Å². The molecule has 5 rings (SSSR count). The summed E-state index contributed by atoms with van der Waals surface area (Å²) in [5.41, 5.74) is 6.09. The number of carbonyl (C=O) groups is 1. The van der Waals surface area contributed by atoms with Crippen molar-refractivity contribution in [2.24, 2.45) is 0 Å². The lowest BCUT2D eigenvalue weighted by atomic mass is 9.90. The Morgan fingerprint density at radius 1 is 1.03 bits per heavy atom. The Kier molecular flexibility index (Phi) is 5.22. The van der Waals surface area contributed by atoms with E-state index in [1.54, 1.807) is 0 Å². The molecule has 0 saturated carbocycles. The third kappa shape index (κ3) is 4.07. The van der Waals surface area contributed by atoms with E-state index in [2.05, 4.69) is 45.2 Å². The Bertz CT molecular complexity index is 1130. The summed E-state index contributed by atoms with van der Waals surface area (Å²) in [4.78, 5) is 21.8. The lowest BCUT2D eigenvalue weighted by Gasteiger charge is -2.23. The molecule has 31 heavy (non-hydrogen) atoms.